The third-order valence-corrected chi connectivity index (χ3v) is 8.97. The van der Waals surface area contributed by atoms with Gasteiger partial charge in [-0.05, 0) is 61.7 Å². The molecule has 2 atom stereocenters. The molecule has 2 aromatic carbocycles. The molecule has 0 N–H and O–H groups in total. The minimum absolute atomic E-state index is 0.465. The lowest BCUT2D eigenvalue weighted by Crippen LogP contribution is -2.30. The molecule has 3 rings (SSSR count). The molecule has 0 saturated carbocycles. The summed E-state index contributed by atoms with van der Waals surface area (Å²) in [5.74, 6) is 0.930. The molecule has 0 aliphatic carbocycles. The zero-order valence-electron chi connectivity index (χ0n) is 32.5. The van der Waals surface area contributed by atoms with Crippen LogP contribution >= 0.6 is 0 Å². The number of hydrogen-bond donors (Lipinski definition) is 0. The SMILES string of the molecule is CC1CCN(Cc2ccccc2)CCOCCCCOCCN(Cc2ccccc2)CCC(C)COCCOCCOCCOCCOCCOC1. The second-order valence-electron chi connectivity index (χ2n) is 13.8. The Morgan fingerprint density at radius 3 is 1.10 bits per heavy atom. The van der Waals surface area contributed by atoms with Gasteiger partial charge in [-0.3, -0.25) is 9.80 Å². The molecule has 1 aliphatic heterocycles. The van der Waals surface area contributed by atoms with Crippen LogP contribution in [-0.4, -0.2) is 142 Å². The summed E-state index contributed by atoms with van der Waals surface area (Å²) in [6.45, 7) is 20.3. The highest BCUT2D eigenvalue weighted by Crippen LogP contribution is 2.11. The molecular weight excluding hydrogens is 660 g/mol. The summed E-state index contributed by atoms with van der Waals surface area (Å²) in [6.07, 6.45) is 4.16. The second kappa shape index (κ2) is 31.4. The van der Waals surface area contributed by atoms with E-state index in [2.05, 4.69) is 84.3 Å². The van der Waals surface area contributed by atoms with Crippen molar-refractivity contribution in [3.63, 3.8) is 0 Å². The summed E-state index contributed by atoms with van der Waals surface area (Å²) < 4.78 is 46.5. The third kappa shape index (κ3) is 24.4. The van der Waals surface area contributed by atoms with Crippen molar-refractivity contribution in [3.05, 3.63) is 71.8 Å². The fourth-order valence-electron chi connectivity index (χ4n) is 5.76. The van der Waals surface area contributed by atoms with Crippen LogP contribution in [0.4, 0.5) is 0 Å². The van der Waals surface area contributed by atoms with Gasteiger partial charge in [0.15, 0.2) is 0 Å². The smallest absolute Gasteiger partial charge is 0.0701 e. The predicted octanol–water partition coefficient (Wildman–Crippen LogP) is 5.97. The van der Waals surface area contributed by atoms with Crippen LogP contribution in [0.15, 0.2) is 60.7 Å². The van der Waals surface area contributed by atoms with Crippen molar-refractivity contribution in [2.45, 2.75) is 52.6 Å². The minimum Gasteiger partial charge on any atom is -0.380 e. The first-order valence-electron chi connectivity index (χ1n) is 19.8. The Balaban J connectivity index is 1.40. The number of benzene rings is 2. The van der Waals surface area contributed by atoms with E-state index in [1.165, 1.54) is 11.1 Å². The van der Waals surface area contributed by atoms with Gasteiger partial charge in [-0.1, -0.05) is 74.5 Å². The Hall–Kier alpha value is -1.96. The van der Waals surface area contributed by atoms with Gasteiger partial charge < -0.3 is 37.9 Å². The van der Waals surface area contributed by atoms with Gasteiger partial charge in [0.25, 0.3) is 0 Å². The second-order valence-corrected chi connectivity index (χ2v) is 13.8. The lowest BCUT2D eigenvalue weighted by Gasteiger charge is -2.24. The topological polar surface area (TPSA) is 80.3 Å². The molecule has 296 valence electrons. The quantitative estimate of drug-likeness (QED) is 0.376. The zero-order valence-corrected chi connectivity index (χ0v) is 32.5. The number of rotatable bonds is 4. The summed E-state index contributed by atoms with van der Waals surface area (Å²) >= 11 is 0. The van der Waals surface area contributed by atoms with E-state index >= 15 is 0 Å². The van der Waals surface area contributed by atoms with E-state index in [1.807, 2.05) is 0 Å². The number of hydrogen-bond acceptors (Lipinski definition) is 10. The Kier molecular flexibility index (Phi) is 26.8. The molecule has 0 bridgehead atoms. The van der Waals surface area contributed by atoms with Gasteiger partial charge in [-0.15, -0.1) is 0 Å². The van der Waals surface area contributed by atoms with Crippen LogP contribution in [0.25, 0.3) is 0 Å². The third-order valence-electron chi connectivity index (χ3n) is 8.97. The fourth-order valence-corrected chi connectivity index (χ4v) is 5.76. The van der Waals surface area contributed by atoms with E-state index in [1.54, 1.807) is 0 Å². The first-order chi connectivity index (χ1) is 25.7. The summed E-state index contributed by atoms with van der Waals surface area (Å²) in [5, 5.41) is 0. The summed E-state index contributed by atoms with van der Waals surface area (Å²) in [4.78, 5) is 5.00. The molecule has 0 spiro atoms. The number of nitrogens with zero attached hydrogens (tertiary/aromatic N) is 2. The average molecular weight is 731 g/mol. The summed E-state index contributed by atoms with van der Waals surface area (Å²) in [5.41, 5.74) is 2.66. The molecular formula is C42H70N2O8. The van der Waals surface area contributed by atoms with Crippen LogP contribution in [0.2, 0.25) is 0 Å². The summed E-state index contributed by atoms with van der Waals surface area (Å²) in [6, 6.07) is 21.4. The molecule has 0 amide bonds. The van der Waals surface area contributed by atoms with E-state index < -0.39 is 0 Å². The monoisotopic (exact) mass is 731 g/mol. The van der Waals surface area contributed by atoms with Crippen molar-refractivity contribution in [3.8, 4) is 0 Å². The molecule has 10 heteroatoms. The van der Waals surface area contributed by atoms with Crippen LogP contribution < -0.4 is 0 Å². The van der Waals surface area contributed by atoms with E-state index in [0.29, 0.717) is 77.9 Å². The maximum Gasteiger partial charge on any atom is 0.0701 e. The van der Waals surface area contributed by atoms with Crippen molar-refractivity contribution in [2.24, 2.45) is 11.8 Å². The van der Waals surface area contributed by atoms with Crippen molar-refractivity contribution >= 4 is 0 Å². The maximum atomic E-state index is 6.08. The molecule has 2 unspecified atom stereocenters. The van der Waals surface area contributed by atoms with Crippen molar-refractivity contribution in [1.29, 1.82) is 0 Å². The van der Waals surface area contributed by atoms with Crippen molar-refractivity contribution in [2.75, 3.05) is 132 Å². The van der Waals surface area contributed by atoms with Gasteiger partial charge >= 0.3 is 0 Å². The van der Waals surface area contributed by atoms with Crippen molar-refractivity contribution in [1.82, 2.24) is 9.80 Å². The lowest BCUT2D eigenvalue weighted by molar-refractivity contribution is -0.0198. The predicted molar refractivity (Wildman–Crippen MR) is 207 cm³/mol. The van der Waals surface area contributed by atoms with Crippen LogP contribution in [-0.2, 0) is 51.0 Å². The summed E-state index contributed by atoms with van der Waals surface area (Å²) in [7, 11) is 0. The average Bonchev–Trinajstić information content (AvgIpc) is 3.16. The first kappa shape index (κ1) is 44.4. The Labute approximate surface area is 315 Å². The first-order valence-corrected chi connectivity index (χ1v) is 19.8. The molecule has 52 heavy (non-hydrogen) atoms. The van der Waals surface area contributed by atoms with Gasteiger partial charge in [0, 0.05) is 52.6 Å². The Morgan fingerprint density at radius 1 is 0.404 bits per heavy atom. The van der Waals surface area contributed by atoms with Crippen LogP contribution in [0.1, 0.15) is 50.7 Å². The molecule has 1 fully saturated rings. The molecule has 10 nitrogen and oxygen atoms in total. The van der Waals surface area contributed by atoms with Crippen LogP contribution in [0.3, 0.4) is 0 Å². The zero-order chi connectivity index (χ0) is 36.6. The highest BCUT2D eigenvalue weighted by molar-refractivity contribution is 5.15. The minimum atomic E-state index is 0.465. The van der Waals surface area contributed by atoms with Crippen molar-refractivity contribution < 1.29 is 37.9 Å². The lowest BCUT2D eigenvalue weighted by atomic mass is 10.1. The number of ether oxygens (including phenoxy) is 8. The van der Waals surface area contributed by atoms with E-state index in [-0.39, 0.29) is 0 Å². The highest BCUT2D eigenvalue weighted by Gasteiger charge is 2.12. The standard InChI is InChI=1S/C42H70N2O8/c1-39-15-17-43(35-41-11-5-3-6-12-41)19-23-45-21-9-10-22-46-24-20-44(36-42-13-7-4-8-14-42)18-16-40(2)38-52-34-32-50-30-28-48-26-25-47-27-29-49-31-33-51-37-39/h3-8,11-14,39-40H,9-10,15-38H2,1-2H3. The van der Waals surface area contributed by atoms with E-state index in [4.69, 9.17) is 37.9 Å². The van der Waals surface area contributed by atoms with Gasteiger partial charge in [0.1, 0.15) is 0 Å². The van der Waals surface area contributed by atoms with Crippen LogP contribution in [0, 0.1) is 11.8 Å². The molecule has 0 radical (unpaired) electrons. The normalized spacial score (nSPS) is 23.8. The molecule has 1 saturated heterocycles. The highest BCUT2D eigenvalue weighted by atomic mass is 16.6. The van der Waals surface area contributed by atoms with Gasteiger partial charge in [-0.2, -0.15) is 0 Å². The molecule has 1 aliphatic rings. The van der Waals surface area contributed by atoms with Gasteiger partial charge in [0.05, 0.1) is 79.3 Å². The van der Waals surface area contributed by atoms with Gasteiger partial charge in [-0.25, -0.2) is 0 Å². The van der Waals surface area contributed by atoms with E-state index in [0.717, 1.165) is 105 Å². The van der Waals surface area contributed by atoms with Crippen LogP contribution in [0.5, 0.6) is 0 Å². The van der Waals surface area contributed by atoms with E-state index in [9.17, 15) is 0 Å². The molecule has 1 heterocycles. The Morgan fingerprint density at radius 2 is 0.731 bits per heavy atom. The molecule has 2 aromatic rings. The van der Waals surface area contributed by atoms with Gasteiger partial charge in [0.2, 0.25) is 0 Å². The Bertz CT molecular complexity index is 969. The fraction of sp³-hybridized carbons (Fsp3) is 0.714. The maximum absolute atomic E-state index is 6.08. The molecule has 0 aromatic heterocycles. The largest absolute Gasteiger partial charge is 0.380 e.